The molecule has 2 heterocycles. The Morgan fingerprint density at radius 2 is 1.83 bits per heavy atom. The van der Waals surface area contributed by atoms with Gasteiger partial charge < -0.3 is 13.7 Å². The number of furan rings is 1. The second-order valence-electron chi connectivity index (χ2n) is 6.50. The maximum Gasteiger partial charge on any atom is 0.374 e. The highest BCUT2D eigenvalue weighted by Crippen LogP contribution is 2.25. The summed E-state index contributed by atoms with van der Waals surface area (Å²) in [6, 6.07) is 10.5. The molecule has 0 unspecified atom stereocenters. The largest absolute Gasteiger partial charge is 0.451 e. The second-order valence-corrected chi connectivity index (χ2v) is 6.50. The van der Waals surface area contributed by atoms with Crippen molar-refractivity contribution in [2.75, 3.05) is 6.61 Å². The lowest BCUT2D eigenvalue weighted by atomic mass is 10.1. The van der Waals surface area contributed by atoms with Gasteiger partial charge in [0.2, 0.25) is 11.5 Å². The Balaban J connectivity index is 1.66. The van der Waals surface area contributed by atoms with Crippen molar-refractivity contribution in [3.63, 3.8) is 0 Å². The van der Waals surface area contributed by atoms with E-state index in [0.29, 0.717) is 16.9 Å². The number of aryl methyl sites for hydroxylation is 1. The zero-order chi connectivity index (χ0) is 21.1. The number of esters is 1. The fraction of sp³-hybridized carbons (Fsp3) is 0.238. The molecule has 8 nitrogen and oxygen atoms in total. The maximum absolute atomic E-state index is 12.4. The van der Waals surface area contributed by atoms with E-state index in [4.69, 9.17) is 9.15 Å². The summed E-state index contributed by atoms with van der Waals surface area (Å²) in [6.45, 7) is 6.13. The van der Waals surface area contributed by atoms with E-state index in [1.807, 2.05) is 25.3 Å². The molecule has 0 saturated heterocycles. The van der Waals surface area contributed by atoms with Crippen LogP contribution in [0.4, 0.5) is 5.69 Å². The second kappa shape index (κ2) is 8.14. The molecule has 150 valence electrons. The van der Waals surface area contributed by atoms with Gasteiger partial charge in [0, 0.05) is 41.2 Å². The van der Waals surface area contributed by atoms with E-state index < -0.39 is 10.9 Å². The molecular formula is C21H20N2O6. The average Bonchev–Trinajstić information content (AvgIpc) is 3.30. The van der Waals surface area contributed by atoms with E-state index in [2.05, 4.69) is 0 Å². The number of carbonyl (C=O) groups excluding carboxylic acids is 2. The Hall–Kier alpha value is -3.68. The molecule has 0 fully saturated rings. The summed E-state index contributed by atoms with van der Waals surface area (Å²) in [5.41, 5.74) is 2.88. The van der Waals surface area contributed by atoms with Crippen molar-refractivity contribution in [3.8, 4) is 11.3 Å². The zero-order valence-electron chi connectivity index (χ0n) is 16.3. The number of hydrogen-bond acceptors (Lipinski definition) is 6. The first-order valence-corrected chi connectivity index (χ1v) is 9.03. The Bertz CT molecular complexity index is 1080. The number of nitro benzene ring substituents is 1. The summed E-state index contributed by atoms with van der Waals surface area (Å²) in [5, 5.41) is 10.7. The predicted octanol–water partition coefficient (Wildman–Crippen LogP) is 4.33. The van der Waals surface area contributed by atoms with Crippen LogP contribution in [0.1, 0.15) is 39.2 Å². The molecule has 0 bridgehead atoms. The van der Waals surface area contributed by atoms with E-state index in [9.17, 15) is 19.7 Å². The summed E-state index contributed by atoms with van der Waals surface area (Å²) in [5.74, 6) is -0.723. The summed E-state index contributed by atoms with van der Waals surface area (Å²) in [6.07, 6.45) is 0. The van der Waals surface area contributed by atoms with E-state index in [-0.39, 0.29) is 23.8 Å². The number of hydrogen-bond donors (Lipinski definition) is 0. The molecule has 0 aliphatic heterocycles. The van der Waals surface area contributed by atoms with Crippen LogP contribution in [0.2, 0.25) is 0 Å². The summed E-state index contributed by atoms with van der Waals surface area (Å²) in [4.78, 5) is 34.9. The molecule has 3 rings (SSSR count). The lowest BCUT2D eigenvalue weighted by molar-refractivity contribution is -0.384. The molecule has 29 heavy (non-hydrogen) atoms. The van der Waals surface area contributed by atoms with E-state index >= 15 is 0 Å². The normalized spacial score (nSPS) is 10.7. The number of aromatic nitrogens is 1. The fourth-order valence-electron chi connectivity index (χ4n) is 3.20. The molecule has 2 aromatic heterocycles. The van der Waals surface area contributed by atoms with Gasteiger partial charge in [-0.1, -0.05) is 0 Å². The van der Waals surface area contributed by atoms with Gasteiger partial charge in [-0.15, -0.1) is 0 Å². The van der Waals surface area contributed by atoms with Gasteiger partial charge in [0.15, 0.2) is 6.61 Å². The lowest BCUT2D eigenvalue weighted by Crippen LogP contribution is -2.14. The number of benzene rings is 1. The van der Waals surface area contributed by atoms with Crippen molar-refractivity contribution in [1.29, 1.82) is 0 Å². The van der Waals surface area contributed by atoms with Crippen molar-refractivity contribution in [3.05, 3.63) is 75.3 Å². The number of carbonyl (C=O) groups is 2. The predicted molar refractivity (Wildman–Crippen MR) is 105 cm³/mol. The van der Waals surface area contributed by atoms with Gasteiger partial charge in [0.1, 0.15) is 5.76 Å². The Kier molecular flexibility index (Phi) is 5.63. The molecule has 1 aromatic carbocycles. The lowest BCUT2D eigenvalue weighted by Gasteiger charge is -2.06. The van der Waals surface area contributed by atoms with Gasteiger partial charge in [0.05, 0.1) is 4.92 Å². The standard InChI is InChI=1S/C21H20N2O6/c1-4-22-13(2)11-17(14(22)3)18(24)12-28-21(25)20-10-9-19(29-20)15-5-7-16(8-6-15)23(26)27/h5-11H,4,12H2,1-3H3. The van der Waals surface area contributed by atoms with Gasteiger partial charge in [0.25, 0.3) is 5.69 Å². The third-order valence-corrected chi connectivity index (χ3v) is 4.69. The molecule has 0 amide bonds. The van der Waals surface area contributed by atoms with Gasteiger partial charge in [-0.3, -0.25) is 14.9 Å². The van der Waals surface area contributed by atoms with Crippen molar-refractivity contribution >= 4 is 17.4 Å². The van der Waals surface area contributed by atoms with Crippen LogP contribution in [0.3, 0.4) is 0 Å². The van der Waals surface area contributed by atoms with Crippen LogP contribution in [0.15, 0.2) is 46.9 Å². The molecule has 0 saturated carbocycles. The van der Waals surface area contributed by atoms with Gasteiger partial charge >= 0.3 is 5.97 Å². The molecule has 0 N–H and O–H groups in total. The van der Waals surface area contributed by atoms with Crippen LogP contribution in [0.25, 0.3) is 11.3 Å². The van der Waals surface area contributed by atoms with Crippen LogP contribution in [0.5, 0.6) is 0 Å². The molecule has 8 heteroatoms. The van der Waals surface area contributed by atoms with Crippen LogP contribution in [-0.2, 0) is 11.3 Å². The van der Waals surface area contributed by atoms with E-state index in [0.717, 1.165) is 17.9 Å². The number of ketones is 1. The minimum absolute atomic E-state index is 0.0408. The van der Waals surface area contributed by atoms with Crippen LogP contribution in [-0.4, -0.2) is 27.8 Å². The van der Waals surface area contributed by atoms with Crippen molar-refractivity contribution in [2.45, 2.75) is 27.3 Å². The Morgan fingerprint density at radius 3 is 2.41 bits per heavy atom. The third kappa shape index (κ3) is 4.11. The molecule has 0 spiro atoms. The minimum Gasteiger partial charge on any atom is -0.451 e. The van der Waals surface area contributed by atoms with Gasteiger partial charge in [-0.25, -0.2) is 4.79 Å². The number of rotatable bonds is 7. The number of nitrogens with zero attached hydrogens (tertiary/aromatic N) is 2. The number of Topliss-reactive ketones (excluding diaryl/α,β-unsaturated/α-hetero) is 1. The highest BCUT2D eigenvalue weighted by atomic mass is 16.6. The van der Waals surface area contributed by atoms with Gasteiger partial charge in [-0.2, -0.15) is 0 Å². The van der Waals surface area contributed by atoms with Gasteiger partial charge in [-0.05, 0) is 51.1 Å². The number of non-ortho nitro benzene ring substituents is 1. The molecule has 0 aliphatic rings. The third-order valence-electron chi connectivity index (χ3n) is 4.69. The smallest absolute Gasteiger partial charge is 0.374 e. The minimum atomic E-state index is -0.754. The average molecular weight is 396 g/mol. The molecule has 3 aromatic rings. The monoisotopic (exact) mass is 396 g/mol. The highest BCUT2D eigenvalue weighted by Gasteiger charge is 2.19. The van der Waals surface area contributed by atoms with Crippen molar-refractivity contribution in [2.24, 2.45) is 0 Å². The first-order valence-electron chi connectivity index (χ1n) is 9.03. The molecule has 0 atom stereocenters. The molecule has 0 aliphatic carbocycles. The maximum atomic E-state index is 12.4. The van der Waals surface area contributed by atoms with Crippen molar-refractivity contribution < 1.29 is 23.7 Å². The van der Waals surface area contributed by atoms with Crippen molar-refractivity contribution in [1.82, 2.24) is 4.57 Å². The molecular weight excluding hydrogens is 376 g/mol. The first kappa shape index (κ1) is 20.1. The summed E-state index contributed by atoms with van der Waals surface area (Å²) < 4.78 is 12.6. The topological polar surface area (TPSA) is 105 Å². The quantitative estimate of drug-likeness (QED) is 0.255. The number of nitro groups is 1. The highest BCUT2D eigenvalue weighted by molar-refractivity contribution is 6.00. The Morgan fingerprint density at radius 1 is 1.14 bits per heavy atom. The zero-order valence-corrected chi connectivity index (χ0v) is 16.3. The number of ether oxygens (including phenoxy) is 1. The SMILES string of the molecule is CCn1c(C)cc(C(=O)COC(=O)c2ccc(-c3ccc([N+](=O)[O-])cc3)o2)c1C. The van der Waals surface area contributed by atoms with E-state index in [1.54, 1.807) is 12.1 Å². The fourth-order valence-corrected chi connectivity index (χ4v) is 3.20. The van der Waals surface area contributed by atoms with Crippen LogP contribution >= 0.6 is 0 Å². The first-order chi connectivity index (χ1) is 13.8. The Labute approximate surface area is 166 Å². The summed E-state index contributed by atoms with van der Waals surface area (Å²) >= 11 is 0. The van der Waals surface area contributed by atoms with Crippen LogP contribution < -0.4 is 0 Å². The van der Waals surface area contributed by atoms with E-state index in [1.165, 1.54) is 30.3 Å². The molecule has 0 radical (unpaired) electrons. The van der Waals surface area contributed by atoms with Crippen LogP contribution in [0, 0.1) is 24.0 Å². The summed E-state index contributed by atoms with van der Waals surface area (Å²) in [7, 11) is 0.